The molecule has 0 unspecified atom stereocenters. The van der Waals surface area contributed by atoms with Gasteiger partial charge >= 0.3 is 12.4 Å². The maximum absolute atomic E-state index is 13.7. The predicted molar refractivity (Wildman–Crippen MR) is 162 cm³/mol. The SMILES string of the molecule is CC(C)(C)c1cc(C(F)(F)F)cc(C=Nc2cc3ccccc3cc2N=Cc2cc(C(F)(F)F)cc(C(C)(C)C)c2O)c1O. The van der Waals surface area contributed by atoms with Gasteiger partial charge in [0.05, 0.1) is 22.5 Å². The third-order valence-electron chi connectivity index (χ3n) is 7.08. The van der Waals surface area contributed by atoms with Gasteiger partial charge in [-0.25, -0.2) is 0 Å². The van der Waals surface area contributed by atoms with Crippen molar-refractivity contribution in [3.63, 3.8) is 0 Å². The lowest BCUT2D eigenvalue weighted by molar-refractivity contribution is -0.138. The summed E-state index contributed by atoms with van der Waals surface area (Å²) in [5, 5.41) is 23.2. The number of fused-ring (bicyclic) bond motifs is 1. The molecule has 232 valence electrons. The van der Waals surface area contributed by atoms with Gasteiger partial charge in [0.15, 0.2) is 0 Å². The van der Waals surface area contributed by atoms with Crippen molar-refractivity contribution < 1.29 is 36.6 Å². The first-order valence-electron chi connectivity index (χ1n) is 13.7. The average Bonchev–Trinajstić information content (AvgIpc) is 2.89. The number of rotatable bonds is 4. The standard InChI is InChI=1S/C34H32F6N2O2/c1-31(2,3)25-15-23(33(35,36)37)11-21(29(25)43)17-41-27-13-19-9-7-8-10-20(19)14-28(27)42-18-22-12-24(34(38,39)40)16-26(30(22)44)32(4,5)6/h7-18,43-44H,1-6H3. The highest BCUT2D eigenvalue weighted by molar-refractivity contribution is 5.96. The zero-order valence-corrected chi connectivity index (χ0v) is 25.0. The molecule has 0 radical (unpaired) electrons. The van der Waals surface area contributed by atoms with Crippen LogP contribution in [0.3, 0.4) is 0 Å². The van der Waals surface area contributed by atoms with E-state index in [4.69, 9.17) is 0 Å². The maximum Gasteiger partial charge on any atom is 0.416 e. The van der Waals surface area contributed by atoms with E-state index in [-0.39, 0.29) is 45.1 Å². The summed E-state index contributed by atoms with van der Waals surface area (Å²) in [5.74, 6) is -0.715. The van der Waals surface area contributed by atoms with Gasteiger partial charge in [0.25, 0.3) is 0 Å². The summed E-state index contributed by atoms with van der Waals surface area (Å²) in [5.41, 5.74) is -3.35. The van der Waals surface area contributed by atoms with E-state index in [2.05, 4.69) is 9.98 Å². The molecule has 4 rings (SSSR count). The van der Waals surface area contributed by atoms with Crippen LogP contribution >= 0.6 is 0 Å². The number of nitrogens with zero attached hydrogens (tertiary/aromatic N) is 2. The van der Waals surface area contributed by atoms with Crippen molar-refractivity contribution in [1.29, 1.82) is 0 Å². The number of aromatic hydroxyl groups is 2. The van der Waals surface area contributed by atoms with Crippen LogP contribution in [0.2, 0.25) is 0 Å². The van der Waals surface area contributed by atoms with Gasteiger partial charge in [-0.3, -0.25) is 9.98 Å². The first-order valence-corrected chi connectivity index (χ1v) is 13.7. The molecule has 2 N–H and O–H groups in total. The molecule has 4 aromatic carbocycles. The predicted octanol–water partition coefficient (Wildman–Crippen LogP) is 10.4. The molecule has 0 saturated carbocycles. The molecular formula is C34H32F6N2O2. The molecule has 0 aliphatic rings. The zero-order valence-electron chi connectivity index (χ0n) is 25.0. The second-order valence-corrected chi connectivity index (χ2v) is 12.6. The molecule has 0 amide bonds. The number of hydrogen-bond acceptors (Lipinski definition) is 4. The van der Waals surface area contributed by atoms with Crippen LogP contribution in [0.1, 0.15) is 74.9 Å². The van der Waals surface area contributed by atoms with Gasteiger partial charge < -0.3 is 10.2 Å². The van der Waals surface area contributed by atoms with Crippen LogP contribution in [-0.4, -0.2) is 22.6 Å². The number of aliphatic imine (C=N–C) groups is 2. The van der Waals surface area contributed by atoms with Gasteiger partial charge in [0.2, 0.25) is 0 Å². The summed E-state index contributed by atoms with van der Waals surface area (Å²) >= 11 is 0. The molecule has 4 aromatic rings. The van der Waals surface area contributed by atoms with E-state index in [1.165, 1.54) is 0 Å². The lowest BCUT2D eigenvalue weighted by Gasteiger charge is -2.23. The fourth-order valence-corrected chi connectivity index (χ4v) is 4.68. The highest BCUT2D eigenvalue weighted by Crippen LogP contribution is 2.41. The molecule has 0 aliphatic heterocycles. The van der Waals surface area contributed by atoms with Crippen LogP contribution in [0.4, 0.5) is 37.7 Å². The average molecular weight is 615 g/mol. The number of phenolic OH excluding ortho intramolecular Hbond substituents is 2. The minimum atomic E-state index is -4.67. The Kier molecular flexibility index (Phi) is 8.36. The van der Waals surface area contributed by atoms with Crippen molar-refractivity contribution in [3.8, 4) is 11.5 Å². The molecule has 4 nitrogen and oxygen atoms in total. The molecule has 0 aliphatic carbocycles. The third-order valence-corrected chi connectivity index (χ3v) is 7.08. The maximum atomic E-state index is 13.7. The van der Waals surface area contributed by atoms with E-state index in [0.29, 0.717) is 0 Å². The van der Waals surface area contributed by atoms with Crippen molar-refractivity contribution in [2.45, 2.75) is 64.7 Å². The molecular weight excluding hydrogens is 582 g/mol. The Bertz CT molecular complexity index is 1640. The van der Waals surface area contributed by atoms with Gasteiger partial charge in [-0.2, -0.15) is 26.3 Å². The monoisotopic (exact) mass is 614 g/mol. The lowest BCUT2D eigenvalue weighted by atomic mass is 9.84. The largest absolute Gasteiger partial charge is 0.507 e. The summed E-state index contributed by atoms with van der Waals surface area (Å²) in [6, 6.07) is 13.8. The molecule has 0 spiro atoms. The van der Waals surface area contributed by atoms with Crippen molar-refractivity contribution in [2.75, 3.05) is 0 Å². The number of phenols is 2. The van der Waals surface area contributed by atoms with E-state index < -0.39 is 34.3 Å². The Morgan fingerprint density at radius 1 is 0.545 bits per heavy atom. The first-order chi connectivity index (χ1) is 20.2. The molecule has 0 heterocycles. The van der Waals surface area contributed by atoms with Gasteiger partial charge in [0, 0.05) is 34.7 Å². The fraction of sp³-hybridized carbons (Fsp3) is 0.294. The van der Waals surface area contributed by atoms with Crippen molar-refractivity contribution in [1.82, 2.24) is 0 Å². The normalized spacial score (nSPS) is 13.5. The van der Waals surface area contributed by atoms with Crippen molar-refractivity contribution in [3.05, 3.63) is 94.0 Å². The number of alkyl halides is 6. The van der Waals surface area contributed by atoms with E-state index in [9.17, 15) is 36.6 Å². The third kappa shape index (κ3) is 7.06. The van der Waals surface area contributed by atoms with E-state index in [1.54, 1.807) is 77.9 Å². The molecule has 0 fully saturated rings. The van der Waals surface area contributed by atoms with Crippen LogP contribution in [0, 0.1) is 0 Å². The highest BCUT2D eigenvalue weighted by Gasteiger charge is 2.35. The second kappa shape index (κ2) is 11.3. The van der Waals surface area contributed by atoms with Gasteiger partial charge in [-0.15, -0.1) is 0 Å². The van der Waals surface area contributed by atoms with Crippen LogP contribution in [0.15, 0.2) is 70.6 Å². The van der Waals surface area contributed by atoms with Gasteiger partial charge in [-0.1, -0.05) is 65.8 Å². The first kappa shape index (κ1) is 32.6. The lowest BCUT2D eigenvalue weighted by Crippen LogP contribution is -2.15. The highest BCUT2D eigenvalue weighted by atomic mass is 19.4. The summed E-state index contributed by atoms with van der Waals surface area (Å²) in [7, 11) is 0. The number of hydrogen-bond donors (Lipinski definition) is 2. The molecule has 0 aromatic heterocycles. The van der Waals surface area contributed by atoms with Crippen molar-refractivity contribution >= 4 is 34.6 Å². The van der Waals surface area contributed by atoms with Crippen LogP contribution in [0.25, 0.3) is 10.8 Å². The number of benzene rings is 4. The Labute approximate surface area is 251 Å². The van der Waals surface area contributed by atoms with E-state index >= 15 is 0 Å². The summed E-state index contributed by atoms with van der Waals surface area (Å²) < 4.78 is 82.4. The summed E-state index contributed by atoms with van der Waals surface area (Å²) in [6.45, 7) is 10.0. The van der Waals surface area contributed by atoms with E-state index in [1.807, 2.05) is 0 Å². The van der Waals surface area contributed by atoms with Gasteiger partial charge in [0.1, 0.15) is 11.5 Å². The van der Waals surface area contributed by atoms with Crippen LogP contribution in [-0.2, 0) is 23.2 Å². The quantitative estimate of drug-likeness (QED) is 0.177. The molecule has 0 bridgehead atoms. The second-order valence-electron chi connectivity index (χ2n) is 12.6. The fourth-order valence-electron chi connectivity index (χ4n) is 4.68. The zero-order chi connectivity index (χ0) is 32.8. The van der Waals surface area contributed by atoms with E-state index in [0.717, 1.165) is 47.5 Å². The molecule has 0 atom stereocenters. The Balaban J connectivity index is 1.90. The van der Waals surface area contributed by atoms with Crippen molar-refractivity contribution in [2.24, 2.45) is 9.98 Å². The Morgan fingerprint density at radius 3 is 1.18 bits per heavy atom. The van der Waals surface area contributed by atoms with Crippen LogP contribution < -0.4 is 0 Å². The summed E-state index contributed by atoms with van der Waals surface area (Å²) in [4.78, 5) is 8.75. The molecule has 0 saturated heterocycles. The molecule has 44 heavy (non-hydrogen) atoms. The topological polar surface area (TPSA) is 65.2 Å². The summed E-state index contributed by atoms with van der Waals surface area (Å²) in [6.07, 6.45) is -7.15. The van der Waals surface area contributed by atoms with Gasteiger partial charge in [-0.05, 0) is 58.0 Å². The smallest absolute Gasteiger partial charge is 0.416 e. The minimum absolute atomic E-state index is 0.0835. The minimum Gasteiger partial charge on any atom is -0.507 e. The number of halogens is 6. The molecule has 10 heteroatoms. The van der Waals surface area contributed by atoms with Crippen LogP contribution in [0.5, 0.6) is 11.5 Å². The Morgan fingerprint density at radius 2 is 0.886 bits per heavy atom. The Hall–Kier alpha value is -4.34.